The van der Waals surface area contributed by atoms with Gasteiger partial charge in [0.15, 0.2) is 0 Å². The Morgan fingerprint density at radius 3 is 0.926 bits per heavy atom. The monoisotopic (exact) mass is 428 g/mol. The summed E-state index contributed by atoms with van der Waals surface area (Å²) < 4.78 is 8.71. The maximum atomic E-state index is 11.1. The fraction of sp³-hybridized carbons (Fsp3) is 0.778. The Morgan fingerprint density at radius 1 is 0.630 bits per heavy atom. The Kier molecular flexibility index (Phi) is 26.8. The number of esters is 2. The average molecular weight is 428 g/mol. The Morgan fingerprint density at radius 2 is 0.815 bits per heavy atom. The molecule has 160 valence electrons. The van der Waals surface area contributed by atoms with E-state index in [0.717, 1.165) is 14.2 Å². The molecule has 0 saturated heterocycles. The maximum Gasteiger partial charge on any atom is 0.313 e. The fourth-order valence-electron chi connectivity index (χ4n) is 0.937. The minimum absolute atomic E-state index is 0. The Labute approximate surface area is 177 Å². The SMILES string of the molecule is CO.CO.COC(=O)CC(=O)C(C)(C)C.COC(=O)CC(=O)C(C)(C)C.[Ti]. The molecule has 9 heteroatoms. The number of aliphatic hydroxyl groups excluding tert-OH is 2. The van der Waals surface area contributed by atoms with Crippen LogP contribution in [0.15, 0.2) is 0 Å². The van der Waals surface area contributed by atoms with Crippen molar-refractivity contribution in [1.82, 2.24) is 0 Å². The number of hydrogen-bond donors (Lipinski definition) is 2. The van der Waals surface area contributed by atoms with Crippen molar-refractivity contribution in [3.63, 3.8) is 0 Å². The molecule has 0 aromatic heterocycles. The first kappa shape index (κ1) is 36.8. The minimum Gasteiger partial charge on any atom is -0.469 e. The van der Waals surface area contributed by atoms with Crippen LogP contribution in [0.2, 0.25) is 0 Å². The van der Waals surface area contributed by atoms with Gasteiger partial charge in [-0.3, -0.25) is 19.2 Å². The molecule has 0 aliphatic heterocycles. The van der Waals surface area contributed by atoms with Crippen molar-refractivity contribution >= 4 is 23.5 Å². The molecule has 0 radical (unpaired) electrons. The van der Waals surface area contributed by atoms with Crippen LogP contribution in [0.5, 0.6) is 0 Å². The smallest absolute Gasteiger partial charge is 0.313 e. The summed E-state index contributed by atoms with van der Waals surface area (Å²) in [4.78, 5) is 43.5. The van der Waals surface area contributed by atoms with Crippen molar-refractivity contribution in [2.45, 2.75) is 54.4 Å². The molecule has 0 spiro atoms. The van der Waals surface area contributed by atoms with Crippen LogP contribution in [0.3, 0.4) is 0 Å². The van der Waals surface area contributed by atoms with E-state index in [1.807, 2.05) is 0 Å². The van der Waals surface area contributed by atoms with Crippen molar-refractivity contribution in [2.24, 2.45) is 10.8 Å². The average Bonchev–Trinajstić information content (AvgIpc) is 2.57. The second kappa shape index (κ2) is 19.7. The van der Waals surface area contributed by atoms with Crippen LogP contribution in [0.1, 0.15) is 54.4 Å². The van der Waals surface area contributed by atoms with Crippen LogP contribution in [0, 0.1) is 10.8 Å². The first-order valence-electron chi connectivity index (χ1n) is 7.85. The molecule has 2 N–H and O–H groups in total. The summed E-state index contributed by atoms with van der Waals surface area (Å²) in [5, 5.41) is 14.0. The molecule has 0 saturated carbocycles. The molecule has 0 aliphatic carbocycles. The zero-order chi connectivity index (χ0) is 22.1. The normalized spacial score (nSPS) is 9.33. The first-order valence-corrected chi connectivity index (χ1v) is 7.85. The predicted octanol–water partition coefficient (Wildman–Crippen LogP) is 1.54. The van der Waals surface area contributed by atoms with Gasteiger partial charge in [-0.2, -0.15) is 0 Å². The largest absolute Gasteiger partial charge is 0.469 e. The zero-order valence-electron chi connectivity index (χ0n) is 18.3. The van der Waals surface area contributed by atoms with E-state index in [-0.39, 0.29) is 46.1 Å². The number of hydrogen-bond acceptors (Lipinski definition) is 8. The third kappa shape index (κ3) is 24.9. The number of aliphatic hydroxyl groups is 2. The first-order chi connectivity index (χ1) is 11.8. The molecular weight excluding hydrogens is 392 g/mol. The van der Waals surface area contributed by atoms with Gasteiger partial charge >= 0.3 is 11.9 Å². The summed E-state index contributed by atoms with van der Waals surface area (Å²) in [6.45, 7) is 10.7. The Hall–Kier alpha value is -1.09. The van der Waals surface area contributed by atoms with Gasteiger partial charge in [-0.1, -0.05) is 41.5 Å². The fourth-order valence-corrected chi connectivity index (χ4v) is 0.937. The molecular formula is C18H36O8Ti. The zero-order valence-corrected chi connectivity index (χ0v) is 19.8. The number of ether oxygens (including phenoxy) is 2. The van der Waals surface area contributed by atoms with E-state index in [0.29, 0.717) is 0 Å². The molecule has 0 amide bonds. The van der Waals surface area contributed by atoms with Crippen LogP contribution in [0.4, 0.5) is 0 Å². The van der Waals surface area contributed by atoms with Gasteiger partial charge in [0.1, 0.15) is 24.4 Å². The predicted molar refractivity (Wildman–Crippen MR) is 98.5 cm³/mol. The van der Waals surface area contributed by atoms with Gasteiger partial charge in [0.05, 0.1) is 14.2 Å². The molecule has 27 heavy (non-hydrogen) atoms. The van der Waals surface area contributed by atoms with Gasteiger partial charge < -0.3 is 19.7 Å². The molecule has 0 rings (SSSR count). The second-order valence-electron chi connectivity index (χ2n) is 6.85. The van der Waals surface area contributed by atoms with Gasteiger partial charge in [-0.25, -0.2) is 0 Å². The Balaban J connectivity index is -0.0000000975. The second-order valence-corrected chi connectivity index (χ2v) is 6.85. The summed E-state index contributed by atoms with van der Waals surface area (Å²) in [6.07, 6.45) is -0.250. The van der Waals surface area contributed by atoms with E-state index < -0.39 is 22.8 Å². The van der Waals surface area contributed by atoms with Crippen molar-refractivity contribution in [1.29, 1.82) is 0 Å². The van der Waals surface area contributed by atoms with E-state index >= 15 is 0 Å². The van der Waals surface area contributed by atoms with Crippen LogP contribution in [-0.2, 0) is 50.4 Å². The molecule has 0 aromatic carbocycles. The van der Waals surface area contributed by atoms with E-state index in [4.69, 9.17) is 10.2 Å². The van der Waals surface area contributed by atoms with Gasteiger partial charge in [-0.05, 0) is 0 Å². The van der Waals surface area contributed by atoms with Crippen molar-refractivity contribution in [3.05, 3.63) is 0 Å². The summed E-state index contributed by atoms with van der Waals surface area (Å²) in [6, 6.07) is 0. The molecule has 0 unspecified atom stereocenters. The van der Waals surface area contributed by atoms with Crippen LogP contribution < -0.4 is 0 Å². The number of Topliss-reactive ketones (excluding diaryl/α,β-unsaturated/α-hetero) is 2. The number of rotatable bonds is 4. The Bertz CT molecular complexity index is 380. The van der Waals surface area contributed by atoms with E-state index in [1.165, 1.54) is 14.2 Å². The maximum absolute atomic E-state index is 11.1. The van der Waals surface area contributed by atoms with Gasteiger partial charge in [0.2, 0.25) is 0 Å². The van der Waals surface area contributed by atoms with E-state index in [9.17, 15) is 19.2 Å². The molecule has 0 bridgehead atoms. The van der Waals surface area contributed by atoms with Crippen molar-refractivity contribution < 1.29 is 60.6 Å². The molecule has 0 aromatic rings. The molecule has 8 nitrogen and oxygen atoms in total. The van der Waals surface area contributed by atoms with Gasteiger partial charge in [0, 0.05) is 46.8 Å². The standard InChI is InChI=1S/2C8H14O3.2CH4O.Ti/c2*1-8(2,3)6(9)5-7(10)11-4;2*1-2;/h2*5H2,1-4H3;2*2H,1H3;. The van der Waals surface area contributed by atoms with Crippen LogP contribution in [0.25, 0.3) is 0 Å². The van der Waals surface area contributed by atoms with Crippen LogP contribution >= 0.6 is 0 Å². The molecule has 0 fully saturated rings. The third-order valence-corrected chi connectivity index (χ3v) is 2.74. The third-order valence-electron chi connectivity index (χ3n) is 2.74. The topological polar surface area (TPSA) is 127 Å². The quantitative estimate of drug-likeness (QED) is 0.392. The minimum atomic E-state index is -0.468. The van der Waals surface area contributed by atoms with Crippen molar-refractivity contribution in [2.75, 3.05) is 28.4 Å². The summed E-state index contributed by atoms with van der Waals surface area (Å²) in [7, 11) is 4.55. The number of carbonyl (C=O) groups is 4. The van der Waals surface area contributed by atoms with Gasteiger partial charge in [-0.15, -0.1) is 0 Å². The summed E-state index contributed by atoms with van der Waals surface area (Å²) in [5.41, 5.74) is -0.900. The van der Waals surface area contributed by atoms with Crippen LogP contribution in [-0.4, -0.2) is 62.2 Å². The van der Waals surface area contributed by atoms with E-state index in [1.54, 1.807) is 41.5 Å². The van der Waals surface area contributed by atoms with Crippen molar-refractivity contribution in [3.8, 4) is 0 Å². The molecule has 0 atom stereocenters. The number of ketones is 2. The number of methoxy groups -OCH3 is 2. The summed E-state index contributed by atoms with van der Waals surface area (Å²) >= 11 is 0. The number of carbonyl (C=O) groups excluding carboxylic acids is 4. The van der Waals surface area contributed by atoms with Gasteiger partial charge in [0.25, 0.3) is 0 Å². The molecule has 0 aliphatic rings. The molecule has 0 heterocycles. The van der Waals surface area contributed by atoms with E-state index in [2.05, 4.69) is 9.47 Å². The summed E-state index contributed by atoms with van der Waals surface area (Å²) in [5.74, 6) is -1.12.